The van der Waals surface area contributed by atoms with E-state index in [0.717, 1.165) is 18.5 Å². The first-order valence-electron chi connectivity index (χ1n) is 5.90. The van der Waals surface area contributed by atoms with Gasteiger partial charge in [-0.1, -0.05) is 30.3 Å². The maximum Gasteiger partial charge on any atom is 0.369 e. The first kappa shape index (κ1) is 14.0. The summed E-state index contributed by atoms with van der Waals surface area (Å²) >= 11 is 5.64. The van der Waals surface area contributed by atoms with Crippen molar-refractivity contribution in [3.05, 3.63) is 35.9 Å². The Morgan fingerprint density at radius 1 is 1.41 bits per heavy atom. The van der Waals surface area contributed by atoms with Crippen molar-refractivity contribution in [2.75, 3.05) is 19.0 Å². The third-order valence-corrected chi connectivity index (χ3v) is 2.71. The molecule has 3 nitrogen and oxygen atoms in total. The molecule has 1 rings (SSSR count). The summed E-state index contributed by atoms with van der Waals surface area (Å²) in [6.07, 6.45) is 0.879. The summed E-state index contributed by atoms with van der Waals surface area (Å²) in [5.41, 5.74) is 0.973. The lowest BCUT2D eigenvalue weighted by atomic mass is 10.1. The summed E-state index contributed by atoms with van der Waals surface area (Å²) in [5.74, 6) is 0.425. The lowest BCUT2D eigenvalue weighted by molar-refractivity contribution is -0.684. The molecular formula is C13H19ClNO2+. The normalized spacial score (nSPS) is 12.1. The first-order valence-corrected chi connectivity index (χ1v) is 6.44. The topological polar surface area (TPSA) is 42.9 Å². The molecule has 0 aliphatic rings. The molecule has 17 heavy (non-hydrogen) atoms. The number of benzene rings is 1. The van der Waals surface area contributed by atoms with E-state index < -0.39 is 0 Å². The Kier molecular flexibility index (Phi) is 6.67. The molecule has 0 radical (unpaired) electrons. The molecule has 2 N–H and O–H groups in total. The Morgan fingerprint density at radius 3 is 2.71 bits per heavy atom. The molecule has 0 bridgehead atoms. The van der Waals surface area contributed by atoms with Gasteiger partial charge in [-0.3, -0.25) is 0 Å². The van der Waals surface area contributed by atoms with E-state index >= 15 is 0 Å². The molecule has 0 amide bonds. The summed E-state index contributed by atoms with van der Waals surface area (Å²) in [5, 5.41) is 1.98. The van der Waals surface area contributed by atoms with Crippen LogP contribution in [0.5, 0.6) is 0 Å². The number of esters is 1. The number of carbonyl (C=O) groups is 1. The smallest absolute Gasteiger partial charge is 0.369 e. The van der Waals surface area contributed by atoms with Crippen LogP contribution in [0.25, 0.3) is 0 Å². The highest BCUT2D eigenvalue weighted by atomic mass is 35.5. The molecule has 1 atom stereocenters. The molecule has 0 unspecified atom stereocenters. The third kappa shape index (κ3) is 4.75. The van der Waals surface area contributed by atoms with Crippen LogP contribution < -0.4 is 5.32 Å². The average molecular weight is 257 g/mol. The Balaban J connectivity index is 2.68. The van der Waals surface area contributed by atoms with Gasteiger partial charge in [-0.05, 0) is 6.92 Å². The number of ether oxygens (including phenoxy) is 1. The summed E-state index contributed by atoms with van der Waals surface area (Å²) in [6.45, 7) is 3.05. The van der Waals surface area contributed by atoms with E-state index in [1.54, 1.807) is 0 Å². The van der Waals surface area contributed by atoms with Gasteiger partial charge in [0.2, 0.25) is 6.04 Å². The van der Waals surface area contributed by atoms with Crippen LogP contribution in [0.3, 0.4) is 0 Å². The number of hydrogen-bond acceptors (Lipinski definition) is 2. The molecule has 1 aromatic rings. The number of rotatable bonds is 7. The van der Waals surface area contributed by atoms with Crippen LogP contribution in [-0.4, -0.2) is 25.0 Å². The highest BCUT2D eigenvalue weighted by Crippen LogP contribution is 2.09. The van der Waals surface area contributed by atoms with Crippen LogP contribution >= 0.6 is 11.6 Å². The van der Waals surface area contributed by atoms with Gasteiger partial charge in [0.05, 0.1) is 13.2 Å². The highest BCUT2D eigenvalue weighted by Gasteiger charge is 2.24. The largest absolute Gasteiger partial charge is 0.461 e. The molecular weight excluding hydrogens is 238 g/mol. The van der Waals surface area contributed by atoms with Crippen molar-refractivity contribution < 1.29 is 14.8 Å². The first-order chi connectivity index (χ1) is 8.29. The molecule has 0 aliphatic heterocycles. The van der Waals surface area contributed by atoms with Crippen molar-refractivity contribution in [1.29, 1.82) is 0 Å². The Labute approximate surface area is 107 Å². The van der Waals surface area contributed by atoms with Gasteiger partial charge in [0.25, 0.3) is 0 Å². The van der Waals surface area contributed by atoms with E-state index in [4.69, 9.17) is 16.3 Å². The van der Waals surface area contributed by atoms with E-state index in [0.29, 0.717) is 12.5 Å². The monoisotopic (exact) mass is 256 g/mol. The van der Waals surface area contributed by atoms with Crippen LogP contribution in [0, 0.1) is 0 Å². The second-order valence-corrected chi connectivity index (χ2v) is 4.09. The maximum absolute atomic E-state index is 11.9. The summed E-state index contributed by atoms with van der Waals surface area (Å²) in [6, 6.07) is 9.40. The average Bonchev–Trinajstić information content (AvgIpc) is 2.36. The van der Waals surface area contributed by atoms with Crippen LogP contribution in [-0.2, 0) is 9.53 Å². The predicted molar refractivity (Wildman–Crippen MR) is 67.9 cm³/mol. The fourth-order valence-corrected chi connectivity index (χ4v) is 1.78. The Hall–Kier alpha value is -1.06. The van der Waals surface area contributed by atoms with Crippen molar-refractivity contribution in [3.63, 3.8) is 0 Å². The molecule has 0 aromatic heterocycles. The Bertz CT molecular complexity index is 329. The lowest BCUT2D eigenvalue weighted by Gasteiger charge is -2.14. The molecule has 0 saturated carbocycles. The highest BCUT2D eigenvalue weighted by molar-refractivity contribution is 6.17. The van der Waals surface area contributed by atoms with Crippen molar-refractivity contribution in [2.24, 2.45) is 0 Å². The standard InChI is InChI=1S/C13H18ClNO2/c1-2-17-13(16)12(15-10-6-9-14)11-7-4-3-5-8-11/h3-5,7-8,12,15H,2,6,9-10H2,1H3/p+1/t12-/m0/s1. The minimum atomic E-state index is -0.278. The number of nitrogens with two attached hydrogens (primary N) is 1. The number of quaternary nitrogens is 1. The fraction of sp³-hybridized carbons (Fsp3) is 0.462. The van der Waals surface area contributed by atoms with Gasteiger partial charge >= 0.3 is 5.97 Å². The second-order valence-electron chi connectivity index (χ2n) is 3.71. The van der Waals surface area contributed by atoms with E-state index in [1.807, 2.05) is 42.6 Å². The SMILES string of the molecule is CCOC(=O)[C@@H]([NH2+]CCCCl)c1ccccc1. The van der Waals surface area contributed by atoms with Crippen LogP contribution in [0.1, 0.15) is 24.9 Å². The van der Waals surface area contributed by atoms with E-state index in [2.05, 4.69) is 0 Å². The fourth-order valence-electron chi connectivity index (χ4n) is 1.62. The van der Waals surface area contributed by atoms with Crippen LogP contribution in [0.2, 0.25) is 0 Å². The van der Waals surface area contributed by atoms with E-state index in [-0.39, 0.29) is 12.0 Å². The summed E-state index contributed by atoms with van der Waals surface area (Å²) in [4.78, 5) is 11.9. The summed E-state index contributed by atoms with van der Waals surface area (Å²) < 4.78 is 5.09. The van der Waals surface area contributed by atoms with Crippen molar-refractivity contribution in [1.82, 2.24) is 0 Å². The van der Waals surface area contributed by atoms with Crippen molar-refractivity contribution in [2.45, 2.75) is 19.4 Å². The lowest BCUT2D eigenvalue weighted by Crippen LogP contribution is -2.87. The van der Waals surface area contributed by atoms with Crippen molar-refractivity contribution in [3.8, 4) is 0 Å². The van der Waals surface area contributed by atoms with Gasteiger partial charge in [0.15, 0.2) is 0 Å². The molecule has 4 heteroatoms. The minimum Gasteiger partial charge on any atom is -0.461 e. The minimum absolute atomic E-state index is 0.187. The predicted octanol–water partition coefficient (Wildman–Crippen LogP) is 1.48. The number of halogens is 1. The van der Waals surface area contributed by atoms with Gasteiger partial charge in [-0.15, -0.1) is 11.6 Å². The third-order valence-electron chi connectivity index (χ3n) is 2.44. The van der Waals surface area contributed by atoms with Crippen LogP contribution in [0.15, 0.2) is 30.3 Å². The Morgan fingerprint density at radius 2 is 2.12 bits per heavy atom. The molecule has 0 fully saturated rings. The molecule has 0 spiro atoms. The number of alkyl halides is 1. The molecule has 94 valence electrons. The van der Waals surface area contributed by atoms with Crippen molar-refractivity contribution >= 4 is 17.6 Å². The zero-order valence-electron chi connectivity index (χ0n) is 10.1. The van der Waals surface area contributed by atoms with Gasteiger partial charge in [0.1, 0.15) is 0 Å². The molecule has 0 aliphatic carbocycles. The van der Waals surface area contributed by atoms with Crippen LogP contribution in [0.4, 0.5) is 0 Å². The quantitative estimate of drug-likeness (QED) is 0.456. The van der Waals surface area contributed by atoms with E-state index in [1.165, 1.54) is 0 Å². The summed E-state index contributed by atoms with van der Waals surface area (Å²) in [7, 11) is 0. The molecule has 0 saturated heterocycles. The maximum atomic E-state index is 11.9. The van der Waals surface area contributed by atoms with Gasteiger partial charge < -0.3 is 10.1 Å². The van der Waals surface area contributed by atoms with Gasteiger partial charge in [0, 0.05) is 17.9 Å². The second kappa shape index (κ2) is 8.09. The molecule has 0 heterocycles. The number of hydrogen-bond donors (Lipinski definition) is 1. The molecule has 1 aromatic carbocycles. The number of carbonyl (C=O) groups excluding carboxylic acids is 1. The zero-order valence-corrected chi connectivity index (χ0v) is 10.8. The zero-order chi connectivity index (χ0) is 12.5. The van der Waals surface area contributed by atoms with Gasteiger partial charge in [-0.2, -0.15) is 0 Å². The van der Waals surface area contributed by atoms with Gasteiger partial charge in [-0.25, -0.2) is 4.79 Å². The van der Waals surface area contributed by atoms with E-state index in [9.17, 15) is 4.79 Å².